The summed E-state index contributed by atoms with van der Waals surface area (Å²) >= 11 is 5.84. The maximum atomic E-state index is 12.2. The van der Waals surface area contributed by atoms with Gasteiger partial charge in [-0.15, -0.1) is 0 Å². The third-order valence-electron chi connectivity index (χ3n) is 2.87. The zero-order chi connectivity index (χ0) is 15.5. The predicted molar refractivity (Wildman–Crippen MR) is 78.5 cm³/mol. The lowest BCUT2D eigenvalue weighted by Gasteiger charge is -2.13. The van der Waals surface area contributed by atoms with Crippen molar-refractivity contribution in [3.05, 3.63) is 64.7 Å². The van der Waals surface area contributed by atoms with E-state index in [1.807, 2.05) is 6.07 Å². The number of rotatable bonds is 4. The van der Waals surface area contributed by atoms with Gasteiger partial charge in [0.25, 0.3) is 0 Å². The molecule has 0 saturated carbocycles. The van der Waals surface area contributed by atoms with E-state index in [2.05, 4.69) is 0 Å². The molecule has 0 aliphatic carbocycles. The SMILES string of the molecule is OC(Cc1ccccc1Cl)c1ccc(SC(F)(F)F)cc1. The topological polar surface area (TPSA) is 20.2 Å². The van der Waals surface area contributed by atoms with Crippen LogP contribution in [0.2, 0.25) is 5.02 Å². The van der Waals surface area contributed by atoms with E-state index < -0.39 is 11.6 Å². The molecule has 2 aromatic rings. The fraction of sp³-hybridized carbons (Fsp3) is 0.200. The normalized spacial score (nSPS) is 13.2. The molecule has 6 heteroatoms. The fourth-order valence-corrected chi connectivity index (χ4v) is 2.63. The van der Waals surface area contributed by atoms with Crippen molar-refractivity contribution in [1.82, 2.24) is 0 Å². The zero-order valence-corrected chi connectivity index (χ0v) is 12.3. The molecule has 21 heavy (non-hydrogen) atoms. The Kier molecular flexibility index (Phi) is 5.19. The molecular weight excluding hydrogens is 321 g/mol. The van der Waals surface area contributed by atoms with Crippen molar-refractivity contribution in [2.45, 2.75) is 22.9 Å². The number of halogens is 4. The van der Waals surface area contributed by atoms with Gasteiger partial charge in [0.05, 0.1) is 6.10 Å². The van der Waals surface area contributed by atoms with E-state index in [-0.39, 0.29) is 16.7 Å². The molecule has 1 unspecified atom stereocenters. The van der Waals surface area contributed by atoms with Gasteiger partial charge >= 0.3 is 5.51 Å². The Morgan fingerprint density at radius 1 is 1.05 bits per heavy atom. The first-order valence-corrected chi connectivity index (χ1v) is 7.32. The lowest BCUT2D eigenvalue weighted by Crippen LogP contribution is -2.03. The third kappa shape index (κ3) is 4.95. The lowest BCUT2D eigenvalue weighted by molar-refractivity contribution is -0.0328. The summed E-state index contributed by atoms with van der Waals surface area (Å²) in [6, 6.07) is 12.8. The van der Waals surface area contributed by atoms with Crippen LogP contribution in [0, 0.1) is 0 Å². The van der Waals surface area contributed by atoms with E-state index in [0.717, 1.165) is 5.56 Å². The monoisotopic (exact) mass is 332 g/mol. The number of aliphatic hydroxyl groups excluding tert-OH is 1. The molecule has 0 amide bonds. The number of hydrogen-bond donors (Lipinski definition) is 1. The average molecular weight is 333 g/mol. The van der Waals surface area contributed by atoms with Gasteiger partial charge < -0.3 is 5.11 Å². The van der Waals surface area contributed by atoms with Gasteiger partial charge in [0.2, 0.25) is 0 Å². The van der Waals surface area contributed by atoms with Crippen LogP contribution in [-0.4, -0.2) is 10.6 Å². The molecule has 0 bridgehead atoms. The zero-order valence-electron chi connectivity index (χ0n) is 10.8. The minimum absolute atomic E-state index is 0.0937. The Labute approximate surface area is 129 Å². The first-order chi connectivity index (χ1) is 9.85. The van der Waals surface area contributed by atoms with Crippen molar-refractivity contribution < 1.29 is 18.3 Å². The second-order valence-corrected chi connectivity index (χ2v) is 5.97. The number of aliphatic hydroxyl groups is 1. The minimum atomic E-state index is -4.31. The van der Waals surface area contributed by atoms with E-state index in [0.29, 0.717) is 17.0 Å². The third-order valence-corrected chi connectivity index (χ3v) is 3.98. The summed E-state index contributed by atoms with van der Waals surface area (Å²) in [6.07, 6.45) is -0.499. The van der Waals surface area contributed by atoms with Gasteiger partial charge in [-0.2, -0.15) is 13.2 Å². The van der Waals surface area contributed by atoms with Crippen LogP contribution in [0.5, 0.6) is 0 Å². The average Bonchev–Trinajstić information content (AvgIpc) is 2.40. The summed E-state index contributed by atoms with van der Waals surface area (Å²) in [4.78, 5) is 0.0937. The smallest absolute Gasteiger partial charge is 0.388 e. The molecule has 0 spiro atoms. The summed E-state index contributed by atoms with van der Waals surface area (Å²) in [5, 5.41) is 10.7. The molecule has 0 fully saturated rings. The van der Waals surface area contributed by atoms with Gasteiger partial charge in [0, 0.05) is 16.3 Å². The van der Waals surface area contributed by atoms with Crippen LogP contribution < -0.4 is 0 Å². The number of hydrogen-bond acceptors (Lipinski definition) is 2. The fourth-order valence-electron chi connectivity index (χ4n) is 1.88. The van der Waals surface area contributed by atoms with Crippen molar-refractivity contribution in [1.29, 1.82) is 0 Å². The Bertz CT molecular complexity index is 599. The van der Waals surface area contributed by atoms with Gasteiger partial charge in [-0.3, -0.25) is 0 Å². The van der Waals surface area contributed by atoms with Crippen LogP contribution in [0.4, 0.5) is 13.2 Å². The highest BCUT2D eigenvalue weighted by Gasteiger charge is 2.29. The highest BCUT2D eigenvalue weighted by Crippen LogP contribution is 2.37. The summed E-state index contributed by atoms with van der Waals surface area (Å²) in [7, 11) is 0. The summed E-state index contributed by atoms with van der Waals surface area (Å²) in [6.45, 7) is 0. The van der Waals surface area contributed by atoms with Crippen molar-refractivity contribution >= 4 is 23.4 Å². The highest BCUT2D eigenvalue weighted by molar-refractivity contribution is 8.00. The Morgan fingerprint density at radius 3 is 2.24 bits per heavy atom. The first-order valence-electron chi connectivity index (χ1n) is 6.12. The number of benzene rings is 2. The molecule has 0 aromatic heterocycles. The molecule has 0 aliphatic rings. The standard InChI is InChI=1S/C15H12ClF3OS/c16-13-4-2-1-3-11(13)9-14(20)10-5-7-12(8-6-10)21-15(17,18)19/h1-8,14,20H,9H2. The second-order valence-electron chi connectivity index (χ2n) is 4.43. The molecule has 0 heterocycles. The second kappa shape index (κ2) is 6.73. The molecule has 1 nitrogen and oxygen atoms in total. The highest BCUT2D eigenvalue weighted by atomic mass is 35.5. The van der Waals surface area contributed by atoms with E-state index in [1.54, 1.807) is 18.2 Å². The molecule has 0 aliphatic heterocycles. The lowest BCUT2D eigenvalue weighted by atomic mass is 10.0. The number of alkyl halides is 3. The van der Waals surface area contributed by atoms with Gasteiger partial charge in [0.15, 0.2) is 0 Å². The van der Waals surface area contributed by atoms with Crippen LogP contribution in [-0.2, 0) is 6.42 Å². The van der Waals surface area contributed by atoms with Crippen molar-refractivity contribution in [3.63, 3.8) is 0 Å². The van der Waals surface area contributed by atoms with Crippen molar-refractivity contribution in [3.8, 4) is 0 Å². The first kappa shape index (κ1) is 16.2. The van der Waals surface area contributed by atoms with Gasteiger partial charge in [-0.25, -0.2) is 0 Å². The predicted octanol–water partition coefficient (Wildman–Crippen LogP) is 5.23. The van der Waals surface area contributed by atoms with Crippen LogP contribution in [0.3, 0.4) is 0 Å². The van der Waals surface area contributed by atoms with Gasteiger partial charge in [-0.1, -0.05) is 41.9 Å². The Balaban J connectivity index is 2.06. The van der Waals surface area contributed by atoms with Crippen LogP contribution in [0.15, 0.2) is 53.4 Å². The van der Waals surface area contributed by atoms with Crippen LogP contribution >= 0.6 is 23.4 Å². The van der Waals surface area contributed by atoms with E-state index >= 15 is 0 Å². The summed E-state index contributed by atoms with van der Waals surface area (Å²) in [5.41, 5.74) is -2.96. The number of thioether (sulfide) groups is 1. The molecular formula is C15H12ClF3OS. The van der Waals surface area contributed by atoms with Crippen molar-refractivity contribution in [2.75, 3.05) is 0 Å². The molecule has 0 radical (unpaired) electrons. The van der Waals surface area contributed by atoms with Crippen LogP contribution in [0.25, 0.3) is 0 Å². The summed E-state index contributed by atoms with van der Waals surface area (Å²) in [5.74, 6) is 0. The largest absolute Gasteiger partial charge is 0.446 e. The molecule has 2 aromatic carbocycles. The molecule has 112 valence electrons. The van der Waals surface area contributed by atoms with E-state index in [4.69, 9.17) is 11.6 Å². The molecule has 1 N–H and O–H groups in total. The summed E-state index contributed by atoms with van der Waals surface area (Å²) < 4.78 is 36.7. The van der Waals surface area contributed by atoms with E-state index in [9.17, 15) is 18.3 Å². The quantitative estimate of drug-likeness (QED) is 0.774. The van der Waals surface area contributed by atoms with E-state index in [1.165, 1.54) is 24.3 Å². The maximum Gasteiger partial charge on any atom is 0.446 e. The van der Waals surface area contributed by atoms with Crippen LogP contribution in [0.1, 0.15) is 17.2 Å². The van der Waals surface area contributed by atoms with Gasteiger partial charge in [0.1, 0.15) is 0 Å². The molecule has 2 rings (SSSR count). The minimum Gasteiger partial charge on any atom is -0.388 e. The molecule has 0 saturated heterocycles. The van der Waals surface area contributed by atoms with Gasteiger partial charge in [-0.05, 0) is 41.1 Å². The Hall–Kier alpha value is -1.17. The van der Waals surface area contributed by atoms with Crippen molar-refractivity contribution in [2.24, 2.45) is 0 Å². The molecule has 1 atom stereocenters. The maximum absolute atomic E-state index is 12.2. The Morgan fingerprint density at radius 2 is 1.67 bits per heavy atom.